The van der Waals surface area contributed by atoms with Crippen LogP contribution in [0.4, 0.5) is 0 Å². The van der Waals surface area contributed by atoms with Gasteiger partial charge in [0, 0.05) is 29.2 Å². The van der Waals surface area contributed by atoms with E-state index in [4.69, 9.17) is 16.7 Å². The number of hydrogen-bond donors (Lipinski definition) is 1. The smallest absolute Gasteiger partial charge is 0.254 e. The summed E-state index contributed by atoms with van der Waals surface area (Å²) in [6, 6.07) is 5.41. The maximum atomic E-state index is 12.5. The van der Waals surface area contributed by atoms with E-state index in [-0.39, 0.29) is 18.6 Å². The molecule has 1 saturated heterocycles. The van der Waals surface area contributed by atoms with Gasteiger partial charge in [-0.05, 0) is 59.8 Å². The Balaban J connectivity index is 2.18. The van der Waals surface area contributed by atoms with Crippen molar-refractivity contribution >= 4 is 33.4 Å². The topological polar surface area (TPSA) is 40.5 Å². The summed E-state index contributed by atoms with van der Waals surface area (Å²) in [5, 5.41) is 9.65. The Kier molecular flexibility index (Phi) is 5.25. The molecule has 1 unspecified atom stereocenters. The summed E-state index contributed by atoms with van der Waals surface area (Å²) in [5.74, 6) is 0.00699. The van der Waals surface area contributed by atoms with Gasteiger partial charge in [0.15, 0.2) is 0 Å². The van der Waals surface area contributed by atoms with Gasteiger partial charge in [-0.25, -0.2) is 0 Å². The molecule has 5 heteroatoms. The molecule has 1 aliphatic heterocycles. The van der Waals surface area contributed by atoms with E-state index in [0.29, 0.717) is 17.0 Å². The molecule has 0 aromatic heterocycles. The molecule has 1 heterocycles. The second-order valence-corrected chi connectivity index (χ2v) is 6.05. The summed E-state index contributed by atoms with van der Waals surface area (Å²) < 4.78 is 0.788. The van der Waals surface area contributed by atoms with Gasteiger partial charge in [-0.3, -0.25) is 4.79 Å². The normalized spacial score (nSPS) is 19.5. The SMILES string of the molecule is O=C(c1ccc(Br)c(Cl)c1)N1CCCCC1CCO. The lowest BCUT2D eigenvalue weighted by Gasteiger charge is -2.35. The molecule has 0 aliphatic carbocycles. The average molecular weight is 347 g/mol. The summed E-state index contributed by atoms with van der Waals surface area (Å²) in [4.78, 5) is 14.4. The molecule has 0 bridgehead atoms. The first-order valence-electron chi connectivity index (χ1n) is 6.50. The number of amides is 1. The van der Waals surface area contributed by atoms with Gasteiger partial charge in [0.05, 0.1) is 5.02 Å². The molecule has 19 heavy (non-hydrogen) atoms. The van der Waals surface area contributed by atoms with Crippen molar-refractivity contribution in [2.45, 2.75) is 31.7 Å². The van der Waals surface area contributed by atoms with Crippen LogP contribution in [0, 0.1) is 0 Å². The largest absolute Gasteiger partial charge is 0.396 e. The monoisotopic (exact) mass is 345 g/mol. The lowest BCUT2D eigenvalue weighted by atomic mass is 9.98. The number of halogens is 2. The fourth-order valence-corrected chi connectivity index (χ4v) is 2.94. The van der Waals surface area contributed by atoms with Gasteiger partial charge in [-0.15, -0.1) is 0 Å². The van der Waals surface area contributed by atoms with E-state index >= 15 is 0 Å². The quantitative estimate of drug-likeness (QED) is 0.910. The van der Waals surface area contributed by atoms with Gasteiger partial charge in [0.25, 0.3) is 5.91 Å². The third-order valence-electron chi connectivity index (χ3n) is 3.52. The number of hydrogen-bond acceptors (Lipinski definition) is 2. The third-order valence-corrected chi connectivity index (χ3v) is 4.75. The van der Waals surface area contributed by atoms with Crippen molar-refractivity contribution in [1.29, 1.82) is 0 Å². The van der Waals surface area contributed by atoms with E-state index in [9.17, 15) is 4.79 Å². The number of nitrogens with zero attached hydrogens (tertiary/aromatic N) is 1. The second kappa shape index (κ2) is 6.73. The Morgan fingerprint density at radius 3 is 2.95 bits per heavy atom. The Morgan fingerprint density at radius 1 is 1.47 bits per heavy atom. The molecular weight excluding hydrogens is 330 g/mol. The van der Waals surface area contributed by atoms with Crippen LogP contribution in [0.1, 0.15) is 36.0 Å². The van der Waals surface area contributed by atoms with Gasteiger partial charge in [-0.2, -0.15) is 0 Å². The molecular formula is C14H17BrClNO2. The summed E-state index contributed by atoms with van der Waals surface area (Å²) in [6.07, 6.45) is 3.76. The van der Waals surface area contributed by atoms with Gasteiger partial charge in [0.2, 0.25) is 0 Å². The van der Waals surface area contributed by atoms with Crippen LogP contribution in [0.15, 0.2) is 22.7 Å². The van der Waals surface area contributed by atoms with Crippen LogP contribution in [0.3, 0.4) is 0 Å². The Bertz CT molecular complexity index is 465. The summed E-state index contributed by atoms with van der Waals surface area (Å²) in [5.41, 5.74) is 0.609. The van der Waals surface area contributed by atoms with Gasteiger partial charge >= 0.3 is 0 Å². The van der Waals surface area contributed by atoms with Crippen LogP contribution < -0.4 is 0 Å². The first-order chi connectivity index (χ1) is 9.13. The molecule has 0 saturated carbocycles. The average Bonchev–Trinajstić information content (AvgIpc) is 2.42. The van der Waals surface area contributed by atoms with Crippen LogP contribution >= 0.6 is 27.5 Å². The lowest BCUT2D eigenvalue weighted by molar-refractivity contribution is 0.0574. The molecule has 1 aromatic carbocycles. The molecule has 1 N–H and O–H groups in total. The van der Waals surface area contributed by atoms with Crippen LogP contribution in [-0.4, -0.2) is 35.1 Å². The predicted octanol–water partition coefficient (Wildman–Crippen LogP) is 3.48. The van der Waals surface area contributed by atoms with E-state index in [1.54, 1.807) is 18.2 Å². The van der Waals surface area contributed by atoms with Crippen molar-refractivity contribution in [3.8, 4) is 0 Å². The van der Waals surface area contributed by atoms with E-state index < -0.39 is 0 Å². The van der Waals surface area contributed by atoms with Crippen LogP contribution in [0.5, 0.6) is 0 Å². The number of carbonyl (C=O) groups is 1. The third kappa shape index (κ3) is 3.50. The summed E-state index contributed by atoms with van der Waals surface area (Å²) >= 11 is 9.36. The minimum Gasteiger partial charge on any atom is -0.396 e. The standard InChI is InChI=1S/C14H17BrClNO2/c15-12-5-4-10(9-13(12)16)14(19)17-7-2-1-3-11(17)6-8-18/h4-5,9,11,18H,1-3,6-8H2. The zero-order valence-electron chi connectivity index (χ0n) is 10.6. The van der Waals surface area contributed by atoms with Crippen molar-refractivity contribution in [1.82, 2.24) is 4.90 Å². The van der Waals surface area contributed by atoms with Gasteiger partial charge in [-0.1, -0.05) is 11.6 Å². The minimum absolute atomic E-state index is 0.00699. The number of benzene rings is 1. The molecule has 104 valence electrons. The number of aliphatic hydroxyl groups excluding tert-OH is 1. The molecule has 0 radical (unpaired) electrons. The Hall–Kier alpha value is -0.580. The number of piperidine rings is 1. The van der Waals surface area contributed by atoms with E-state index in [2.05, 4.69) is 15.9 Å². The molecule has 1 aliphatic rings. The van der Waals surface area contributed by atoms with Crippen molar-refractivity contribution in [3.63, 3.8) is 0 Å². The van der Waals surface area contributed by atoms with Crippen molar-refractivity contribution in [2.75, 3.05) is 13.2 Å². The highest BCUT2D eigenvalue weighted by atomic mass is 79.9. The van der Waals surface area contributed by atoms with Gasteiger partial charge < -0.3 is 10.0 Å². The predicted molar refractivity (Wildman–Crippen MR) is 79.5 cm³/mol. The molecule has 1 aromatic rings. The van der Waals surface area contributed by atoms with Crippen molar-refractivity contribution in [3.05, 3.63) is 33.3 Å². The highest BCUT2D eigenvalue weighted by molar-refractivity contribution is 9.10. The highest BCUT2D eigenvalue weighted by Gasteiger charge is 2.27. The number of aliphatic hydroxyl groups is 1. The van der Waals surface area contributed by atoms with Crippen molar-refractivity contribution < 1.29 is 9.90 Å². The van der Waals surface area contributed by atoms with E-state index in [1.807, 2.05) is 4.90 Å². The molecule has 2 rings (SSSR count). The lowest BCUT2D eigenvalue weighted by Crippen LogP contribution is -2.44. The summed E-state index contributed by atoms with van der Waals surface area (Å²) in [7, 11) is 0. The maximum Gasteiger partial charge on any atom is 0.254 e. The number of rotatable bonds is 3. The second-order valence-electron chi connectivity index (χ2n) is 4.79. The first-order valence-corrected chi connectivity index (χ1v) is 7.67. The maximum absolute atomic E-state index is 12.5. The molecule has 3 nitrogen and oxygen atoms in total. The van der Waals surface area contributed by atoms with Crippen LogP contribution in [-0.2, 0) is 0 Å². The molecule has 1 amide bonds. The summed E-state index contributed by atoms with van der Waals surface area (Å²) in [6.45, 7) is 0.882. The fraction of sp³-hybridized carbons (Fsp3) is 0.500. The first kappa shape index (κ1) is 14.8. The van der Waals surface area contributed by atoms with E-state index in [0.717, 1.165) is 30.3 Å². The number of likely N-dealkylation sites (tertiary alicyclic amines) is 1. The zero-order chi connectivity index (χ0) is 13.8. The zero-order valence-corrected chi connectivity index (χ0v) is 13.0. The Morgan fingerprint density at radius 2 is 2.26 bits per heavy atom. The highest BCUT2D eigenvalue weighted by Crippen LogP contribution is 2.26. The fourth-order valence-electron chi connectivity index (χ4n) is 2.51. The molecule has 1 atom stereocenters. The van der Waals surface area contributed by atoms with Crippen molar-refractivity contribution in [2.24, 2.45) is 0 Å². The molecule has 1 fully saturated rings. The van der Waals surface area contributed by atoms with Crippen LogP contribution in [0.25, 0.3) is 0 Å². The van der Waals surface area contributed by atoms with Gasteiger partial charge in [0.1, 0.15) is 0 Å². The van der Waals surface area contributed by atoms with Crippen LogP contribution in [0.2, 0.25) is 5.02 Å². The number of carbonyl (C=O) groups excluding carboxylic acids is 1. The Labute approximate surface area is 126 Å². The minimum atomic E-state index is 0.00699. The van der Waals surface area contributed by atoms with E-state index in [1.165, 1.54) is 0 Å². The molecule has 0 spiro atoms.